The van der Waals surface area contributed by atoms with E-state index in [-0.39, 0.29) is 0 Å². The second-order valence-corrected chi connectivity index (χ2v) is 5.33. The van der Waals surface area contributed by atoms with Crippen LogP contribution >= 0.6 is 0 Å². The molecule has 0 amide bonds. The van der Waals surface area contributed by atoms with Crippen molar-refractivity contribution in [2.75, 3.05) is 18.1 Å². The molecule has 6 heteroatoms. The Labute approximate surface area is 132 Å². The Morgan fingerprint density at radius 3 is 2.83 bits per heavy atom. The van der Waals surface area contributed by atoms with Crippen LogP contribution in [0.25, 0.3) is 0 Å². The molecule has 2 aromatic rings. The first-order valence-corrected chi connectivity index (χ1v) is 7.43. The van der Waals surface area contributed by atoms with Gasteiger partial charge in [-0.05, 0) is 42.7 Å². The van der Waals surface area contributed by atoms with E-state index < -0.39 is 17.6 Å². The van der Waals surface area contributed by atoms with Crippen LogP contribution in [0.4, 0.5) is 14.5 Å². The van der Waals surface area contributed by atoms with Crippen molar-refractivity contribution in [1.29, 1.82) is 0 Å². The predicted molar refractivity (Wildman–Crippen MR) is 81.3 cm³/mol. The van der Waals surface area contributed by atoms with E-state index in [1.165, 1.54) is 6.07 Å². The van der Waals surface area contributed by atoms with E-state index in [0.717, 1.165) is 17.2 Å². The molecule has 0 bridgehead atoms. The van der Waals surface area contributed by atoms with E-state index in [2.05, 4.69) is 4.98 Å². The number of anilines is 1. The van der Waals surface area contributed by atoms with E-state index in [0.29, 0.717) is 37.5 Å². The van der Waals surface area contributed by atoms with Crippen molar-refractivity contribution >= 4 is 11.7 Å². The van der Waals surface area contributed by atoms with Crippen LogP contribution in [0.3, 0.4) is 0 Å². The highest BCUT2D eigenvalue weighted by Crippen LogP contribution is 2.25. The summed E-state index contributed by atoms with van der Waals surface area (Å²) in [5.41, 5.74) is 2.92. The number of nitrogens with zero attached hydrogens (tertiary/aromatic N) is 2. The lowest BCUT2D eigenvalue weighted by Crippen LogP contribution is -2.31. The molecule has 1 aliphatic heterocycles. The van der Waals surface area contributed by atoms with Gasteiger partial charge in [0.2, 0.25) is 0 Å². The molecule has 0 atom stereocenters. The largest absolute Gasteiger partial charge is 0.461 e. The molecule has 0 N–H and O–H groups in total. The van der Waals surface area contributed by atoms with Gasteiger partial charge in [0.15, 0.2) is 11.6 Å². The van der Waals surface area contributed by atoms with Crippen molar-refractivity contribution in [1.82, 2.24) is 4.98 Å². The number of pyridine rings is 1. The maximum atomic E-state index is 13.4. The van der Waals surface area contributed by atoms with Crippen molar-refractivity contribution in [3.63, 3.8) is 0 Å². The molecule has 1 aliphatic rings. The Balaban J connectivity index is 1.81. The van der Waals surface area contributed by atoms with E-state index in [4.69, 9.17) is 4.74 Å². The SMILES string of the molecule is CCOC(=O)c1cc2c(cn1)CN(c1ccc(F)c(F)c1)CC2. The van der Waals surface area contributed by atoms with E-state index in [9.17, 15) is 13.6 Å². The average molecular weight is 318 g/mol. The lowest BCUT2D eigenvalue weighted by Gasteiger charge is -2.30. The molecule has 23 heavy (non-hydrogen) atoms. The number of carbonyl (C=O) groups is 1. The van der Waals surface area contributed by atoms with Gasteiger partial charge in [-0.2, -0.15) is 0 Å². The standard InChI is InChI=1S/C17H16F2N2O2/c1-2-23-17(22)16-7-11-5-6-21(10-12(11)9-20-16)13-3-4-14(18)15(19)8-13/h3-4,7-9H,2,5-6,10H2,1H3. The Morgan fingerprint density at radius 2 is 2.09 bits per heavy atom. The predicted octanol–water partition coefficient (Wildman–Crippen LogP) is 3.10. The van der Waals surface area contributed by atoms with Gasteiger partial charge in [0.1, 0.15) is 5.69 Å². The monoisotopic (exact) mass is 318 g/mol. The van der Waals surface area contributed by atoms with Gasteiger partial charge in [-0.25, -0.2) is 18.6 Å². The van der Waals surface area contributed by atoms with Gasteiger partial charge in [-0.15, -0.1) is 0 Å². The third-order valence-corrected chi connectivity index (χ3v) is 3.85. The molecule has 120 valence electrons. The highest BCUT2D eigenvalue weighted by molar-refractivity contribution is 5.87. The van der Waals surface area contributed by atoms with Crippen molar-refractivity contribution in [2.45, 2.75) is 19.9 Å². The second-order valence-electron chi connectivity index (χ2n) is 5.33. The topological polar surface area (TPSA) is 42.4 Å². The number of carbonyl (C=O) groups excluding carboxylic acids is 1. The molecule has 3 rings (SSSR count). The fourth-order valence-corrected chi connectivity index (χ4v) is 2.66. The van der Waals surface area contributed by atoms with Gasteiger partial charge >= 0.3 is 5.97 Å². The summed E-state index contributed by atoms with van der Waals surface area (Å²) >= 11 is 0. The summed E-state index contributed by atoms with van der Waals surface area (Å²) in [4.78, 5) is 17.8. The minimum Gasteiger partial charge on any atom is -0.461 e. The Kier molecular flexibility index (Phi) is 4.23. The fourth-order valence-electron chi connectivity index (χ4n) is 2.66. The summed E-state index contributed by atoms with van der Waals surface area (Å²) in [6, 6.07) is 5.63. The zero-order chi connectivity index (χ0) is 16.4. The number of hydrogen-bond donors (Lipinski definition) is 0. The van der Waals surface area contributed by atoms with Crippen LogP contribution in [0.1, 0.15) is 28.5 Å². The number of aromatic nitrogens is 1. The summed E-state index contributed by atoms with van der Waals surface area (Å²) in [7, 11) is 0. The number of fused-ring (bicyclic) bond motifs is 1. The van der Waals surface area contributed by atoms with Crippen LogP contribution in [0.5, 0.6) is 0 Å². The lowest BCUT2D eigenvalue weighted by atomic mass is 10.0. The Morgan fingerprint density at radius 1 is 1.26 bits per heavy atom. The normalized spacial score (nSPS) is 13.6. The van der Waals surface area contributed by atoms with Gasteiger partial charge in [0, 0.05) is 31.0 Å². The highest BCUT2D eigenvalue weighted by atomic mass is 19.2. The molecule has 0 saturated heterocycles. The second kappa shape index (κ2) is 6.32. The minimum atomic E-state index is -0.857. The third kappa shape index (κ3) is 3.16. The van der Waals surface area contributed by atoms with Crippen LogP contribution in [-0.4, -0.2) is 24.1 Å². The minimum absolute atomic E-state index is 0.298. The number of benzene rings is 1. The van der Waals surface area contributed by atoms with Crippen LogP contribution < -0.4 is 4.90 Å². The maximum Gasteiger partial charge on any atom is 0.356 e. The fraction of sp³-hybridized carbons (Fsp3) is 0.294. The summed E-state index contributed by atoms with van der Waals surface area (Å²) in [6.07, 6.45) is 2.34. The summed E-state index contributed by atoms with van der Waals surface area (Å²) in [5, 5.41) is 0. The molecule has 0 radical (unpaired) electrons. The zero-order valence-electron chi connectivity index (χ0n) is 12.7. The third-order valence-electron chi connectivity index (χ3n) is 3.85. The summed E-state index contributed by atoms with van der Waals surface area (Å²) in [5.74, 6) is -2.14. The molecular formula is C17H16F2N2O2. The van der Waals surface area contributed by atoms with Gasteiger partial charge in [0.05, 0.1) is 6.61 Å². The van der Waals surface area contributed by atoms with E-state index >= 15 is 0 Å². The smallest absolute Gasteiger partial charge is 0.356 e. The highest BCUT2D eigenvalue weighted by Gasteiger charge is 2.20. The first kappa shape index (κ1) is 15.4. The van der Waals surface area contributed by atoms with Crippen molar-refractivity contribution in [2.24, 2.45) is 0 Å². The molecule has 1 aromatic carbocycles. The molecule has 0 spiro atoms. The molecule has 1 aromatic heterocycles. The van der Waals surface area contributed by atoms with E-state index in [1.807, 2.05) is 4.90 Å². The average Bonchev–Trinajstić information content (AvgIpc) is 2.56. The van der Waals surface area contributed by atoms with E-state index in [1.54, 1.807) is 25.3 Å². The van der Waals surface area contributed by atoms with Crippen molar-refractivity contribution in [3.05, 3.63) is 58.9 Å². The molecular weight excluding hydrogens is 302 g/mol. The van der Waals surface area contributed by atoms with Gasteiger partial charge in [-0.3, -0.25) is 0 Å². The number of hydrogen-bond acceptors (Lipinski definition) is 4. The quantitative estimate of drug-likeness (QED) is 0.816. The van der Waals surface area contributed by atoms with Gasteiger partial charge in [0.25, 0.3) is 0 Å². The summed E-state index contributed by atoms with van der Waals surface area (Å²) in [6.45, 7) is 3.25. The Bertz CT molecular complexity index is 749. The zero-order valence-corrected chi connectivity index (χ0v) is 12.7. The van der Waals surface area contributed by atoms with Crippen LogP contribution in [0.2, 0.25) is 0 Å². The van der Waals surface area contributed by atoms with Crippen LogP contribution in [0, 0.1) is 11.6 Å². The molecule has 4 nitrogen and oxygen atoms in total. The molecule has 0 saturated carbocycles. The first-order valence-electron chi connectivity index (χ1n) is 7.43. The molecule has 0 aliphatic carbocycles. The number of esters is 1. The van der Waals surface area contributed by atoms with Crippen LogP contribution in [-0.2, 0) is 17.7 Å². The van der Waals surface area contributed by atoms with Gasteiger partial charge in [-0.1, -0.05) is 0 Å². The van der Waals surface area contributed by atoms with Crippen molar-refractivity contribution in [3.8, 4) is 0 Å². The summed E-state index contributed by atoms with van der Waals surface area (Å²) < 4.78 is 31.4. The first-order chi connectivity index (χ1) is 11.1. The molecule has 2 heterocycles. The number of halogens is 2. The molecule has 0 unspecified atom stereocenters. The Hall–Kier alpha value is -2.50. The van der Waals surface area contributed by atoms with Crippen LogP contribution in [0.15, 0.2) is 30.5 Å². The lowest BCUT2D eigenvalue weighted by molar-refractivity contribution is 0.0519. The number of ether oxygens (including phenoxy) is 1. The van der Waals surface area contributed by atoms with Crippen molar-refractivity contribution < 1.29 is 18.3 Å². The maximum absolute atomic E-state index is 13.4. The molecule has 0 fully saturated rings. The number of rotatable bonds is 3. The van der Waals surface area contributed by atoms with Gasteiger partial charge < -0.3 is 9.64 Å².